The van der Waals surface area contributed by atoms with E-state index in [0.29, 0.717) is 78.1 Å². The predicted octanol–water partition coefficient (Wildman–Crippen LogP) is 8.71. The molecule has 62 heavy (non-hydrogen) atoms. The van der Waals surface area contributed by atoms with Crippen LogP contribution in [0.3, 0.4) is 0 Å². The van der Waals surface area contributed by atoms with Crippen molar-refractivity contribution >= 4 is 35.4 Å². The number of fused-ring (bicyclic) bond motifs is 1. The predicted molar refractivity (Wildman–Crippen MR) is 226 cm³/mol. The van der Waals surface area contributed by atoms with Crippen molar-refractivity contribution in [2.24, 2.45) is 0 Å². The van der Waals surface area contributed by atoms with E-state index in [0.717, 1.165) is 22.8 Å². The Morgan fingerprint density at radius 3 is 2.44 bits per heavy atom. The maximum atomic E-state index is 14.6. The van der Waals surface area contributed by atoms with Crippen LogP contribution in [0, 0.1) is 0 Å². The molecule has 7 rings (SSSR count). The molecule has 2 aromatic carbocycles. The van der Waals surface area contributed by atoms with Crippen LogP contribution < -0.4 is 25.4 Å². The fraction of sp³-hybridized carbons (Fsp3) is 0.444. The normalized spacial score (nSPS) is 18.0. The zero-order valence-corrected chi connectivity index (χ0v) is 35.9. The molecule has 13 nitrogen and oxygen atoms in total. The van der Waals surface area contributed by atoms with Gasteiger partial charge in [0, 0.05) is 54.0 Å². The highest BCUT2D eigenvalue weighted by Crippen LogP contribution is 2.45. The third-order valence-corrected chi connectivity index (χ3v) is 11.8. The van der Waals surface area contributed by atoms with Crippen molar-refractivity contribution in [1.82, 2.24) is 25.5 Å². The molecule has 0 bridgehead atoms. The van der Waals surface area contributed by atoms with Crippen LogP contribution >= 0.6 is 11.6 Å². The molecule has 1 unspecified atom stereocenters. The summed E-state index contributed by atoms with van der Waals surface area (Å²) in [5.74, 6) is -1.06. The number of pyridine rings is 2. The SMILES string of the molecule is COc1cc(-c2nccc(-c3cccc4c3CCC[C@@H]4Nc3nc(OC)c(CNC4(C(=O)O)CC4)cc3C(F)(F)F)c2Cl)ccc1CN(CC1CCC(=O)N1)C(=O)OC(C)(C)C. The van der Waals surface area contributed by atoms with Crippen LogP contribution in [0.15, 0.2) is 54.7 Å². The van der Waals surface area contributed by atoms with Gasteiger partial charge >= 0.3 is 18.2 Å². The molecule has 3 aliphatic rings. The molecule has 2 atom stereocenters. The van der Waals surface area contributed by atoms with Crippen LogP contribution in [0.25, 0.3) is 22.4 Å². The molecule has 2 aromatic heterocycles. The quantitative estimate of drug-likeness (QED) is 0.0958. The first kappa shape index (κ1) is 44.4. The smallest absolute Gasteiger partial charge is 0.419 e. The zero-order valence-electron chi connectivity index (χ0n) is 35.2. The van der Waals surface area contributed by atoms with E-state index in [4.69, 9.17) is 25.8 Å². The molecule has 1 saturated heterocycles. The molecule has 2 fully saturated rings. The van der Waals surface area contributed by atoms with Gasteiger partial charge in [-0.3, -0.25) is 19.9 Å². The van der Waals surface area contributed by atoms with Crippen LogP contribution in [0.4, 0.5) is 23.8 Å². The van der Waals surface area contributed by atoms with Crippen LogP contribution in [-0.4, -0.2) is 75.9 Å². The number of carboxylic acid groups (broad SMARTS) is 1. The van der Waals surface area contributed by atoms with Crippen LogP contribution in [0.2, 0.25) is 5.02 Å². The zero-order chi connectivity index (χ0) is 44.6. The number of halogens is 4. The Balaban J connectivity index is 1.16. The first-order valence-corrected chi connectivity index (χ1v) is 20.9. The van der Waals surface area contributed by atoms with E-state index in [9.17, 15) is 32.7 Å². The molecule has 1 saturated carbocycles. The molecule has 0 radical (unpaired) electrons. The van der Waals surface area contributed by atoms with Crippen molar-refractivity contribution in [3.8, 4) is 34.0 Å². The largest absolute Gasteiger partial charge is 0.496 e. The van der Waals surface area contributed by atoms with Gasteiger partial charge in [0.25, 0.3) is 0 Å². The minimum atomic E-state index is -4.77. The molecule has 330 valence electrons. The van der Waals surface area contributed by atoms with Gasteiger partial charge in [0.15, 0.2) is 0 Å². The summed E-state index contributed by atoms with van der Waals surface area (Å²) < 4.78 is 60.9. The molecule has 0 spiro atoms. The summed E-state index contributed by atoms with van der Waals surface area (Å²) in [6.07, 6.45) is -0.0341. The van der Waals surface area contributed by atoms with Crippen molar-refractivity contribution in [3.05, 3.63) is 87.6 Å². The summed E-state index contributed by atoms with van der Waals surface area (Å²) in [6.45, 7) is 5.62. The van der Waals surface area contributed by atoms with E-state index in [1.807, 2.05) is 36.4 Å². The Morgan fingerprint density at radius 2 is 1.79 bits per heavy atom. The van der Waals surface area contributed by atoms with E-state index >= 15 is 0 Å². The number of benzene rings is 2. The third kappa shape index (κ3) is 9.71. The van der Waals surface area contributed by atoms with E-state index < -0.39 is 41.0 Å². The summed E-state index contributed by atoms with van der Waals surface area (Å²) in [6, 6.07) is 13.2. The number of aromatic nitrogens is 2. The number of amides is 2. The van der Waals surface area contributed by atoms with Gasteiger partial charge in [-0.1, -0.05) is 41.9 Å². The fourth-order valence-corrected chi connectivity index (χ4v) is 8.45. The van der Waals surface area contributed by atoms with Crippen molar-refractivity contribution in [2.75, 3.05) is 26.1 Å². The lowest BCUT2D eigenvalue weighted by Gasteiger charge is -2.30. The second kappa shape index (κ2) is 17.6. The molecule has 3 heterocycles. The molecular formula is C45H50ClF3N6O7. The Bertz CT molecular complexity index is 2370. The summed E-state index contributed by atoms with van der Waals surface area (Å²) in [5.41, 5.74) is 2.28. The Labute approximate surface area is 362 Å². The summed E-state index contributed by atoms with van der Waals surface area (Å²) >= 11 is 7.20. The number of alkyl halides is 3. The Kier molecular flexibility index (Phi) is 12.6. The van der Waals surface area contributed by atoms with Gasteiger partial charge in [-0.25, -0.2) is 4.79 Å². The van der Waals surface area contributed by atoms with Gasteiger partial charge in [0.1, 0.15) is 22.7 Å². The first-order chi connectivity index (χ1) is 29.4. The van der Waals surface area contributed by atoms with Crippen LogP contribution in [0.1, 0.15) is 93.2 Å². The number of carbonyl (C=O) groups excluding carboxylic acids is 2. The number of carbonyl (C=O) groups is 3. The maximum Gasteiger partial charge on any atom is 0.419 e. The van der Waals surface area contributed by atoms with Gasteiger partial charge in [0.05, 0.1) is 43.1 Å². The van der Waals surface area contributed by atoms with E-state index in [-0.39, 0.29) is 48.8 Å². The van der Waals surface area contributed by atoms with Crippen molar-refractivity contribution < 1.29 is 46.9 Å². The van der Waals surface area contributed by atoms with Gasteiger partial charge in [0.2, 0.25) is 11.8 Å². The molecule has 17 heteroatoms. The van der Waals surface area contributed by atoms with Crippen LogP contribution in [-0.2, 0) is 40.0 Å². The highest BCUT2D eigenvalue weighted by molar-refractivity contribution is 6.35. The Hall–Kier alpha value is -5.61. The van der Waals surface area contributed by atoms with E-state index in [2.05, 4.69) is 25.9 Å². The molecule has 1 aliphatic heterocycles. The first-order valence-electron chi connectivity index (χ1n) is 20.5. The molecule has 4 aromatic rings. The number of hydrogen-bond donors (Lipinski definition) is 4. The molecule has 2 amide bonds. The van der Waals surface area contributed by atoms with Gasteiger partial charge in [-0.15, -0.1) is 0 Å². The van der Waals surface area contributed by atoms with Crippen molar-refractivity contribution in [3.63, 3.8) is 0 Å². The monoisotopic (exact) mass is 878 g/mol. The number of anilines is 1. The molecule has 4 N–H and O–H groups in total. The second-order valence-electron chi connectivity index (χ2n) is 17.0. The highest BCUT2D eigenvalue weighted by Gasteiger charge is 2.50. The van der Waals surface area contributed by atoms with E-state index in [1.165, 1.54) is 14.2 Å². The van der Waals surface area contributed by atoms with E-state index in [1.54, 1.807) is 37.9 Å². The number of methoxy groups -OCH3 is 2. The van der Waals surface area contributed by atoms with Gasteiger partial charge < -0.3 is 34.9 Å². The number of carboxylic acids is 1. The standard InChI is InChI=1S/C45H50ClF3N6O7/c1-43(2,3)62-42(59)55(24-28-14-15-36(56)52-28)23-26-13-12-25(21-35(26)60-4)38-37(46)32(16-19-50-38)30-8-6-10-31-29(30)9-7-11-34(31)53-39-33(45(47,48)49)20-27(40(54-39)61-5)22-51-44(17-18-44)41(57)58/h6,8,10,12-13,16,19-21,28,34,51H,7,9,11,14-15,17-18,22-24H2,1-5H3,(H,52,56)(H,53,54)(H,57,58)/t28?,34-/m0/s1. The lowest BCUT2D eigenvalue weighted by molar-refractivity contribution is -0.141. The number of ether oxygens (including phenoxy) is 3. The number of nitrogens with zero attached hydrogens (tertiary/aromatic N) is 3. The number of aliphatic carboxylic acids is 1. The molecule has 2 aliphatic carbocycles. The topological polar surface area (TPSA) is 164 Å². The fourth-order valence-electron chi connectivity index (χ4n) is 8.13. The minimum Gasteiger partial charge on any atom is -0.496 e. The Morgan fingerprint density at radius 1 is 1.02 bits per heavy atom. The average Bonchev–Trinajstić information content (AvgIpc) is 3.92. The second-order valence-corrected chi connectivity index (χ2v) is 17.3. The number of rotatable bonds is 14. The third-order valence-electron chi connectivity index (χ3n) is 11.4. The van der Waals surface area contributed by atoms with Gasteiger partial charge in [-0.05, 0) is 94.2 Å². The van der Waals surface area contributed by atoms with Crippen molar-refractivity contribution in [1.29, 1.82) is 0 Å². The van der Waals surface area contributed by atoms with Crippen LogP contribution in [0.5, 0.6) is 11.6 Å². The summed E-state index contributed by atoms with van der Waals surface area (Å²) in [5, 5.41) is 18.8. The summed E-state index contributed by atoms with van der Waals surface area (Å²) in [7, 11) is 2.84. The average molecular weight is 879 g/mol. The number of nitrogens with one attached hydrogen (secondary N) is 3. The summed E-state index contributed by atoms with van der Waals surface area (Å²) in [4.78, 5) is 47.5. The maximum absolute atomic E-state index is 14.6. The van der Waals surface area contributed by atoms with Gasteiger partial charge in [-0.2, -0.15) is 18.2 Å². The van der Waals surface area contributed by atoms with Crippen molar-refractivity contribution in [2.45, 2.75) is 108 Å². The lowest BCUT2D eigenvalue weighted by Crippen LogP contribution is -2.43. The minimum absolute atomic E-state index is 0.0424. The highest BCUT2D eigenvalue weighted by atomic mass is 35.5. The lowest BCUT2D eigenvalue weighted by atomic mass is 9.83. The number of hydrogen-bond acceptors (Lipinski definition) is 10. The molecular weight excluding hydrogens is 829 g/mol.